The molecule has 1 unspecified atom stereocenters. The van der Waals surface area contributed by atoms with Crippen LogP contribution in [0, 0.1) is 0 Å². The Labute approximate surface area is 124 Å². The molecule has 5 heteroatoms. The Morgan fingerprint density at radius 3 is 2.78 bits per heavy atom. The molecule has 0 bridgehead atoms. The van der Waals surface area contributed by atoms with Crippen molar-refractivity contribution in [3.8, 4) is 0 Å². The average molecular weight is 373 g/mol. The third-order valence-corrected chi connectivity index (χ3v) is 4.67. The number of benzene rings is 1. The summed E-state index contributed by atoms with van der Waals surface area (Å²) >= 11 is 6.99. The fourth-order valence-electron chi connectivity index (χ4n) is 1.79. The maximum atomic E-state index is 4.30. The van der Waals surface area contributed by atoms with E-state index >= 15 is 0 Å². The van der Waals surface area contributed by atoms with Gasteiger partial charge in [0, 0.05) is 27.9 Å². The van der Waals surface area contributed by atoms with Gasteiger partial charge in [-0.3, -0.25) is 0 Å². The number of aromatic amines is 1. The molecule has 0 aliphatic carbocycles. The lowest BCUT2D eigenvalue weighted by Crippen LogP contribution is -2.21. The second-order valence-corrected chi connectivity index (χ2v) is 5.77. The van der Waals surface area contributed by atoms with Gasteiger partial charge in [-0.15, -0.1) is 0 Å². The van der Waals surface area contributed by atoms with Crippen LogP contribution in [0.2, 0.25) is 0 Å². The Hall–Kier alpha value is -0.650. The van der Waals surface area contributed by atoms with Crippen molar-refractivity contribution in [1.82, 2.24) is 15.3 Å². The third-order valence-electron chi connectivity index (χ3n) is 2.79. The van der Waals surface area contributed by atoms with Crippen molar-refractivity contribution in [2.45, 2.75) is 25.9 Å². The van der Waals surface area contributed by atoms with Gasteiger partial charge in [-0.05, 0) is 56.0 Å². The van der Waals surface area contributed by atoms with Gasteiger partial charge in [0.05, 0.1) is 6.04 Å². The first-order chi connectivity index (χ1) is 8.70. The number of H-pyrrole nitrogens is 1. The summed E-state index contributed by atoms with van der Waals surface area (Å²) in [6.07, 6.45) is 4.65. The van der Waals surface area contributed by atoms with Crippen LogP contribution in [0.15, 0.2) is 39.5 Å². The quantitative estimate of drug-likeness (QED) is 0.826. The largest absolute Gasteiger partial charge is 0.347 e. The molecule has 0 fully saturated rings. The summed E-state index contributed by atoms with van der Waals surface area (Å²) < 4.78 is 2.15. The summed E-state index contributed by atoms with van der Waals surface area (Å²) in [5, 5.41) is 3.50. The van der Waals surface area contributed by atoms with E-state index in [1.54, 1.807) is 6.20 Å². The molecule has 1 aromatic carbocycles. The molecule has 0 radical (unpaired) electrons. The smallest absolute Gasteiger partial charge is 0.123 e. The standard InChI is InChI=1S/C13H15Br2N3/c1-2-12(13-16-5-6-17-13)18-8-9-3-4-10(14)11(15)7-9/h3-7,12,18H,2,8H2,1H3,(H,16,17). The highest BCUT2D eigenvalue weighted by Gasteiger charge is 2.10. The number of rotatable bonds is 5. The van der Waals surface area contributed by atoms with Crippen molar-refractivity contribution >= 4 is 31.9 Å². The number of halogens is 2. The predicted octanol–water partition coefficient (Wildman–Crippen LogP) is 4.18. The molecule has 0 amide bonds. The zero-order chi connectivity index (χ0) is 13.0. The number of nitrogens with zero attached hydrogens (tertiary/aromatic N) is 1. The van der Waals surface area contributed by atoms with Crippen LogP contribution in [-0.2, 0) is 6.54 Å². The number of nitrogens with one attached hydrogen (secondary N) is 2. The molecule has 0 aliphatic rings. The number of aromatic nitrogens is 2. The Balaban J connectivity index is 1.99. The average Bonchev–Trinajstić information content (AvgIpc) is 2.88. The molecule has 3 nitrogen and oxygen atoms in total. The molecule has 2 N–H and O–H groups in total. The lowest BCUT2D eigenvalue weighted by molar-refractivity contribution is 0.498. The summed E-state index contributed by atoms with van der Waals surface area (Å²) in [6, 6.07) is 6.54. The lowest BCUT2D eigenvalue weighted by atomic mass is 10.1. The van der Waals surface area contributed by atoms with E-state index in [4.69, 9.17) is 0 Å². The lowest BCUT2D eigenvalue weighted by Gasteiger charge is -2.15. The Kier molecular flexibility index (Phi) is 4.97. The highest BCUT2D eigenvalue weighted by molar-refractivity contribution is 9.13. The van der Waals surface area contributed by atoms with Crippen LogP contribution >= 0.6 is 31.9 Å². The zero-order valence-electron chi connectivity index (χ0n) is 10.1. The molecule has 0 saturated heterocycles. The van der Waals surface area contributed by atoms with Crippen molar-refractivity contribution in [2.75, 3.05) is 0 Å². The fourth-order valence-corrected chi connectivity index (χ4v) is 2.47. The van der Waals surface area contributed by atoms with Crippen LogP contribution in [0.4, 0.5) is 0 Å². The van der Waals surface area contributed by atoms with Gasteiger partial charge in [0.15, 0.2) is 0 Å². The molecule has 18 heavy (non-hydrogen) atoms. The Morgan fingerprint density at radius 2 is 2.17 bits per heavy atom. The molecule has 2 aromatic rings. The monoisotopic (exact) mass is 371 g/mol. The molecule has 0 aliphatic heterocycles. The van der Waals surface area contributed by atoms with Gasteiger partial charge < -0.3 is 10.3 Å². The topological polar surface area (TPSA) is 40.7 Å². The third kappa shape index (κ3) is 3.43. The second-order valence-electron chi connectivity index (χ2n) is 4.06. The number of hydrogen-bond acceptors (Lipinski definition) is 2. The van der Waals surface area contributed by atoms with Gasteiger partial charge in [0.2, 0.25) is 0 Å². The summed E-state index contributed by atoms with van der Waals surface area (Å²) in [5.41, 5.74) is 1.25. The minimum absolute atomic E-state index is 0.266. The first-order valence-electron chi connectivity index (χ1n) is 5.87. The van der Waals surface area contributed by atoms with E-state index in [2.05, 4.69) is 72.3 Å². The van der Waals surface area contributed by atoms with Crippen molar-refractivity contribution in [1.29, 1.82) is 0 Å². The normalized spacial score (nSPS) is 12.6. The molecule has 96 valence electrons. The van der Waals surface area contributed by atoms with Gasteiger partial charge in [-0.25, -0.2) is 4.98 Å². The molecule has 2 rings (SSSR count). The van der Waals surface area contributed by atoms with Crippen molar-refractivity contribution < 1.29 is 0 Å². The van der Waals surface area contributed by atoms with E-state index < -0.39 is 0 Å². The summed E-state index contributed by atoms with van der Waals surface area (Å²) in [4.78, 5) is 7.45. The molecular weight excluding hydrogens is 358 g/mol. The summed E-state index contributed by atoms with van der Waals surface area (Å²) in [7, 11) is 0. The minimum Gasteiger partial charge on any atom is -0.347 e. The second kappa shape index (κ2) is 6.50. The van der Waals surface area contributed by atoms with Gasteiger partial charge >= 0.3 is 0 Å². The number of hydrogen-bond donors (Lipinski definition) is 2. The molecule has 0 spiro atoms. The van der Waals surface area contributed by atoms with Crippen molar-refractivity contribution in [3.05, 3.63) is 50.9 Å². The highest BCUT2D eigenvalue weighted by Crippen LogP contribution is 2.24. The minimum atomic E-state index is 0.266. The van der Waals surface area contributed by atoms with E-state index in [-0.39, 0.29) is 6.04 Å². The van der Waals surface area contributed by atoms with E-state index in [1.807, 2.05) is 6.20 Å². The van der Waals surface area contributed by atoms with Crippen LogP contribution in [0.25, 0.3) is 0 Å². The van der Waals surface area contributed by atoms with Gasteiger partial charge in [0.1, 0.15) is 5.82 Å². The molecule has 1 atom stereocenters. The van der Waals surface area contributed by atoms with E-state index in [0.29, 0.717) is 0 Å². The summed E-state index contributed by atoms with van der Waals surface area (Å²) in [6.45, 7) is 2.97. The molecule has 0 saturated carbocycles. The number of imidazole rings is 1. The van der Waals surface area contributed by atoms with Crippen LogP contribution in [0.1, 0.15) is 30.8 Å². The van der Waals surface area contributed by atoms with Crippen LogP contribution in [0.3, 0.4) is 0 Å². The van der Waals surface area contributed by atoms with Crippen molar-refractivity contribution in [3.63, 3.8) is 0 Å². The first kappa shape index (κ1) is 13.8. The van der Waals surface area contributed by atoms with Gasteiger partial charge in [-0.1, -0.05) is 13.0 Å². The van der Waals surface area contributed by atoms with Gasteiger partial charge in [0.25, 0.3) is 0 Å². The van der Waals surface area contributed by atoms with Gasteiger partial charge in [-0.2, -0.15) is 0 Å². The molecule has 1 heterocycles. The predicted molar refractivity (Wildman–Crippen MR) is 80.3 cm³/mol. The fraction of sp³-hybridized carbons (Fsp3) is 0.308. The van der Waals surface area contributed by atoms with Crippen LogP contribution in [-0.4, -0.2) is 9.97 Å². The van der Waals surface area contributed by atoms with E-state index in [9.17, 15) is 0 Å². The van der Waals surface area contributed by atoms with E-state index in [0.717, 1.165) is 27.7 Å². The zero-order valence-corrected chi connectivity index (χ0v) is 13.3. The van der Waals surface area contributed by atoms with Crippen LogP contribution in [0.5, 0.6) is 0 Å². The van der Waals surface area contributed by atoms with Crippen LogP contribution < -0.4 is 5.32 Å². The van der Waals surface area contributed by atoms with Crippen molar-refractivity contribution in [2.24, 2.45) is 0 Å². The summed E-state index contributed by atoms with van der Waals surface area (Å²) in [5.74, 6) is 0.994. The Morgan fingerprint density at radius 1 is 1.33 bits per heavy atom. The highest BCUT2D eigenvalue weighted by atomic mass is 79.9. The SMILES string of the molecule is CCC(NCc1ccc(Br)c(Br)c1)c1ncc[nH]1. The first-order valence-corrected chi connectivity index (χ1v) is 7.46. The Bertz CT molecular complexity index is 497. The maximum absolute atomic E-state index is 4.30. The maximum Gasteiger partial charge on any atom is 0.123 e. The molecular formula is C13H15Br2N3. The van der Waals surface area contributed by atoms with E-state index in [1.165, 1.54) is 5.56 Å². The molecule has 1 aromatic heterocycles.